The fourth-order valence-corrected chi connectivity index (χ4v) is 3.48. The molecule has 1 aromatic heterocycles. The minimum absolute atomic E-state index is 0.133. The molecule has 0 saturated heterocycles. The molecule has 1 saturated carbocycles. The van der Waals surface area contributed by atoms with Crippen molar-refractivity contribution in [1.29, 1.82) is 0 Å². The number of fused-ring (bicyclic) bond motifs is 1. The van der Waals surface area contributed by atoms with Gasteiger partial charge in [-0.3, -0.25) is 5.32 Å². The van der Waals surface area contributed by atoms with Crippen LogP contribution >= 0.6 is 0 Å². The van der Waals surface area contributed by atoms with Gasteiger partial charge in [-0.1, -0.05) is 43.2 Å². The highest BCUT2D eigenvalue weighted by molar-refractivity contribution is 6.05. The van der Waals surface area contributed by atoms with Crippen molar-refractivity contribution in [3.8, 4) is 0 Å². The minimum Gasteiger partial charge on any atom is -0.421 e. The zero-order chi connectivity index (χ0) is 18.6. The first-order valence-corrected chi connectivity index (χ1v) is 9.16. The van der Waals surface area contributed by atoms with Gasteiger partial charge in [0.05, 0.1) is 5.69 Å². The molecule has 138 valence electrons. The van der Waals surface area contributed by atoms with Crippen molar-refractivity contribution in [1.82, 2.24) is 0 Å². The van der Waals surface area contributed by atoms with Crippen molar-refractivity contribution in [2.75, 3.05) is 16.0 Å². The Hall–Kier alpha value is -3.28. The van der Waals surface area contributed by atoms with E-state index in [0.717, 1.165) is 31.1 Å². The predicted molar refractivity (Wildman–Crippen MR) is 107 cm³/mol. The Kier molecular flexibility index (Phi) is 4.78. The van der Waals surface area contributed by atoms with E-state index in [9.17, 15) is 9.59 Å². The number of nitrogens with one attached hydrogen (secondary N) is 3. The summed E-state index contributed by atoms with van der Waals surface area (Å²) in [4.78, 5) is 25.0. The molecule has 1 heterocycles. The van der Waals surface area contributed by atoms with Crippen LogP contribution in [0, 0.1) is 0 Å². The molecule has 1 aliphatic rings. The Labute approximate surface area is 156 Å². The van der Waals surface area contributed by atoms with Gasteiger partial charge in [-0.15, -0.1) is 0 Å². The molecular formula is C21H21N3O3. The number of urea groups is 1. The molecule has 6 heteroatoms. The summed E-state index contributed by atoms with van der Waals surface area (Å²) in [6, 6.07) is 16.2. The highest BCUT2D eigenvalue weighted by atomic mass is 16.4. The van der Waals surface area contributed by atoms with E-state index in [2.05, 4.69) is 16.0 Å². The van der Waals surface area contributed by atoms with Crippen LogP contribution in [0.5, 0.6) is 0 Å². The van der Waals surface area contributed by atoms with Crippen LogP contribution in [0.1, 0.15) is 25.7 Å². The van der Waals surface area contributed by atoms with Gasteiger partial charge in [-0.25, -0.2) is 9.59 Å². The number of carbonyl (C=O) groups excluding carboxylic acids is 1. The van der Waals surface area contributed by atoms with Crippen molar-refractivity contribution in [2.45, 2.75) is 31.7 Å². The second-order valence-electron chi connectivity index (χ2n) is 6.71. The highest BCUT2D eigenvalue weighted by Gasteiger charge is 2.21. The smallest absolute Gasteiger partial charge is 0.362 e. The number of anilines is 3. The van der Waals surface area contributed by atoms with Gasteiger partial charge in [0.25, 0.3) is 0 Å². The molecule has 6 nitrogen and oxygen atoms in total. The van der Waals surface area contributed by atoms with Gasteiger partial charge in [0.1, 0.15) is 5.58 Å². The molecule has 0 spiro atoms. The molecule has 0 bridgehead atoms. The average Bonchev–Trinajstić information content (AvgIpc) is 3.18. The molecule has 1 aliphatic carbocycles. The molecule has 27 heavy (non-hydrogen) atoms. The monoisotopic (exact) mass is 363 g/mol. The summed E-state index contributed by atoms with van der Waals surface area (Å²) in [6.45, 7) is 0. The molecule has 4 rings (SSSR count). The maximum atomic E-state index is 12.6. The number of para-hydroxylation sites is 2. The van der Waals surface area contributed by atoms with E-state index in [4.69, 9.17) is 4.42 Å². The van der Waals surface area contributed by atoms with Crippen LogP contribution in [0.3, 0.4) is 0 Å². The molecule has 0 aliphatic heterocycles. The summed E-state index contributed by atoms with van der Waals surface area (Å²) in [6.07, 6.45) is 4.41. The number of amides is 2. The molecule has 0 radical (unpaired) electrons. The number of hydrogen-bond acceptors (Lipinski definition) is 4. The molecule has 2 aromatic carbocycles. The third kappa shape index (κ3) is 3.79. The first-order chi connectivity index (χ1) is 13.2. The lowest BCUT2D eigenvalue weighted by molar-refractivity contribution is 0.262. The highest BCUT2D eigenvalue weighted by Crippen LogP contribution is 2.32. The molecule has 2 amide bonds. The molecule has 0 unspecified atom stereocenters. The summed E-state index contributed by atoms with van der Waals surface area (Å²) >= 11 is 0. The quantitative estimate of drug-likeness (QED) is 0.582. The Morgan fingerprint density at radius 2 is 1.59 bits per heavy atom. The molecule has 3 aromatic rings. The lowest BCUT2D eigenvalue weighted by Gasteiger charge is -2.18. The maximum Gasteiger partial charge on any atom is 0.362 e. The Balaban J connectivity index is 1.68. The lowest BCUT2D eigenvalue weighted by Crippen LogP contribution is -2.26. The Morgan fingerprint density at radius 1 is 0.889 bits per heavy atom. The van der Waals surface area contributed by atoms with Crippen molar-refractivity contribution in [3.63, 3.8) is 0 Å². The Bertz CT molecular complexity index is 1010. The maximum absolute atomic E-state index is 12.6. The second kappa shape index (κ2) is 7.53. The topological polar surface area (TPSA) is 83.4 Å². The van der Waals surface area contributed by atoms with Crippen molar-refractivity contribution >= 4 is 34.1 Å². The summed E-state index contributed by atoms with van der Waals surface area (Å²) in [7, 11) is 0. The number of rotatable bonds is 4. The van der Waals surface area contributed by atoms with Crippen molar-refractivity contribution in [3.05, 3.63) is 65.0 Å². The third-order valence-electron chi connectivity index (χ3n) is 4.79. The first kappa shape index (κ1) is 17.1. The van der Waals surface area contributed by atoms with Gasteiger partial charge >= 0.3 is 11.7 Å². The second-order valence-corrected chi connectivity index (χ2v) is 6.71. The van der Waals surface area contributed by atoms with Crippen LogP contribution in [0.4, 0.5) is 21.9 Å². The van der Waals surface area contributed by atoms with Crippen molar-refractivity contribution in [2.24, 2.45) is 0 Å². The minimum atomic E-state index is -0.572. The standard InChI is InChI=1S/C21H21N3O3/c25-20-19(24-21(26)23-15-8-2-1-3-9-15)18(22-14-10-4-5-11-14)16-12-6-7-13-17(16)27-20/h1-3,6-9,12-14,22H,4-5,10-11H2,(H2,23,24,26). The van der Waals surface area contributed by atoms with E-state index < -0.39 is 11.7 Å². The van der Waals surface area contributed by atoms with Crippen LogP contribution in [-0.2, 0) is 0 Å². The van der Waals surface area contributed by atoms with Crippen LogP contribution < -0.4 is 21.6 Å². The van der Waals surface area contributed by atoms with Crippen LogP contribution in [-0.4, -0.2) is 12.1 Å². The van der Waals surface area contributed by atoms with Gasteiger partial charge in [0.2, 0.25) is 0 Å². The van der Waals surface area contributed by atoms with Gasteiger partial charge in [0, 0.05) is 17.1 Å². The summed E-state index contributed by atoms with van der Waals surface area (Å²) in [5, 5.41) is 9.64. The molecular weight excluding hydrogens is 342 g/mol. The van der Waals surface area contributed by atoms with E-state index in [1.165, 1.54) is 0 Å². The first-order valence-electron chi connectivity index (χ1n) is 9.16. The SMILES string of the molecule is O=C(Nc1ccccc1)Nc1c(NC2CCCC2)c2ccccc2oc1=O. The zero-order valence-electron chi connectivity index (χ0n) is 14.8. The fraction of sp³-hybridized carbons (Fsp3) is 0.238. The zero-order valence-corrected chi connectivity index (χ0v) is 14.8. The largest absolute Gasteiger partial charge is 0.421 e. The van der Waals surface area contributed by atoms with E-state index in [-0.39, 0.29) is 11.7 Å². The van der Waals surface area contributed by atoms with E-state index >= 15 is 0 Å². The number of carbonyl (C=O) groups is 1. The van der Waals surface area contributed by atoms with Crippen LogP contribution in [0.15, 0.2) is 63.8 Å². The average molecular weight is 363 g/mol. The fourth-order valence-electron chi connectivity index (χ4n) is 3.48. The molecule has 0 atom stereocenters. The molecule has 3 N–H and O–H groups in total. The molecule has 1 fully saturated rings. The summed E-state index contributed by atoms with van der Waals surface area (Å²) < 4.78 is 5.41. The normalized spacial score (nSPS) is 14.2. The summed E-state index contributed by atoms with van der Waals surface area (Å²) in [5.41, 5.74) is 1.32. The lowest BCUT2D eigenvalue weighted by atomic mass is 10.1. The number of hydrogen-bond donors (Lipinski definition) is 3. The van der Waals surface area contributed by atoms with Crippen molar-refractivity contribution < 1.29 is 9.21 Å². The van der Waals surface area contributed by atoms with Crippen LogP contribution in [0.2, 0.25) is 0 Å². The van der Waals surface area contributed by atoms with E-state index in [1.54, 1.807) is 18.2 Å². The van der Waals surface area contributed by atoms with Crippen LogP contribution in [0.25, 0.3) is 11.0 Å². The summed E-state index contributed by atoms with van der Waals surface area (Å²) in [5.74, 6) is 0. The third-order valence-corrected chi connectivity index (χ3v) is 4.79. The van der Waals surface area contributed by atoms with Gasteiger partial charge in [0.15, 0.2) is 5.69 Å². The predicted octanol–water partition coefficient (Wildman–Crippen LogP) is 4.79. The van der Waals surface area contributed by atoms with Gasteiger partial charge in [-0.05, 0) is 37.1 Å². The van der Waals surface area contributed by atoms with E-state index in [1.807, 2.05) is 36.4 Å². The van der Waals surface area contributed by atoms with Gasteiger partial charge in [-0.2, -0.15) is 0 Å². The van der Waals surface area contributed by atoms with Gasteiger partial charge < -0.3 is 15.1 Å². The Morgan fingerprint density at radius 3 is 2.37 bits per heavy atom. The van der Waals surface area contributed by atoms with E-state index in [0.29, 0.717) is 17.0 Å². The number of benzene rings is 2.